The summed E-state index contributed by atoms with van der Waals surface area (Å²) in [5, 5.41) is 3.28. The Morgan fingerprint density at radius 1 is 1.06 bits per heavy atom. The van der Waals surface area contributed by atoms with Crippen LogP contribution < -0.4 is 14.4 Å². The third kappa shape index (κ3) is 4.73. The monoisotopic (exact) mass is 508 g/mol. The molecular weight excluding hydrogens is 488 g/mol. The van der Waals surface area contributed by atoms with Crippen LogP contribution in [0, 0.1) is 0 Å². The summed E-state index contributed by atoms with van der Waals surface area (Å²) in [6.07, 6.45) is 4.24. The summed E-state index contributed by atoms with van der Waals surface area (Å²) in [5.41, 5.74) is 2.22. The molecule has 0 saturated heterocycles. The molecule has 0 bridgehead atoms. The number of ether oxygens (including phenoxy) is 1. The van der Waals surface area contributed by atoms with Crippen LogP contribution in [0.3, 0.4) is 0 Å². The number of aromatic nitrogens is 2. The van der Waals surface area contributed by atoms with Crippen molar-refractivity contribution in [3.8, 4) is 11.4 Å². The van der Waals surface area contributed by atoms with Gasteiger partial charge < -0.3 is 14.6 Å². The quantitative estimate of drug-likeness (QED) is 0.427. The lowest BCUT2D eigenvalue weighted by molar-refractivity contribution is -0.127. The highest BCUT2D eigenvalue weighted by Gasteiger charge is 2.37. The Hall–Kier alpha value is -3.82. The molecule has 1 aliphatic heterocycles. The zero-order valence-electron chi connectivity index (χ0n) is 18.4. The Morgan fingerprint density at radius 3 is 2.51 bits per heavy atom. The lowest BCUT2D eigenvalue weighted by Gasteiger charge is -2.34. The van der Waals surface area contributed by atoms with Crippen molar-refractivity contribution >= 4 is 33.2 Å². The lowest BCUT2D eigenvalue weighted by atomic mass is 10.2. The van der Waals surface area contributed by atoms with Crippen LogP contribution in [0.1, 0.15) is 5.56 Å². The molecule has 35 heavy (non-hydrogen) atoms. The van der Waals surface area contributed by atoms with Gasteiger partial charge in [-0.1, -0.05) is 35.9 Å². The summed E-state index contributed by atoms with van der Waals surface area (Å²) in [6.45, 7) is 0.113. The van der Waals surface area contributed by atoms with Crippen LogP contribution in [-0.4, -0.2) is 36.5 Å². The van der Waals surface area contributed by atoms with Crippen LogP contribution in [0.4, 0.5) is 5.69 Å². The molecule has 1 aromatic heterocycles. The fourth-order valence-corrected chi connectivity index (χ4v) is 5.40. The average Bonchev–Trinajstić information content (AvgIpc) is 3.42. The van der Waals surface area contributed by atoms with Crippen molar-refractivity contribution in [2.24, 2.45) is 0 Å². The fourth-order valence-electron chi connectivity index (χ4n) is 3.80. The van der Waals surface area contributed by atoms with Gasteiger partial charge in [-0.3, -0.25) is 9.10 Å². The maximum absolute atomic E-state index is 13.4. The topological polar surface area (TPSA) is 93.5 Å². The first-order valence-electron chi connectivity index (χ1n) is 10.8. The van der Waals surface area contributed by atoms with Gasteiger partial charge in [-0.2, -0.15) is 0 Å². The minimum absolute atomic E-state index is 0.0794. The van der Waals surface area contributed by atoms with E-state index in [4.69, 9.17) is 16.3 Å². The number of nitrogens with zero attached hydrogens (tertiary/aromatic N) is 3. The van der Waals surface area contributed by atoms with Gasteiger partial charge in [-0.25, -0.2) is 13.4 Å². The molecule has 1 atom stereocenters. The Kier molecular flexibility index (Phi) is 6.19. The van der Waals surface area contributed by atoms with Gasteiger partial charge in [-0.05, 0) is 54.1 Å². The second-order valence-electron chi connectivity index (χ2n) is 7.92. The van der Waals surface area contributed by atoms with Gasteiger partial charge >= 0.3 is 0 Å². The summed E-state index contributed by atoms with van der Waals surface area (Å²) in [5.74, 6) is -0.0874. The number of hydrogen-bond acceptors (Lipinski definition) is 5. The summed E-state index contributed by atoms with van der Waals surface area (Å²) < 4.78 is 35.8. The van der Waals surface area contributed by atoms with E-state index in [1.54, 1.807) is 36.8 Å². The van der Waals surface area contributed by atoms with Crippen molar-refractivity contribution in [3.63, 3.8) is 0 Å². The molecule has 1 aliphatic rings. The minimum atomic E-state index is -3.94. The van der Waals surface area contributed by atoms with Crippen LogP contribution in [0.15, 0.2) is 96.4 Å². The molecule has 0 aliphatic carbocycles. The van der Waals surface area contributed by atoms with Crippen LogP contribution in [0.25, 0.3) is 5.69 Å². The molecule has 3 aromatic carbocycles. The number of halogens is 1. The van der Waals surface area contributed by atoms with E-state index in [1.165, 1.54) is 28.6 Å². The predicted octanol–water partition coefficient (Wildman–Crippen LogP) is 3.80. The summed E-state index contributed by atoms with van der Waals surface area (Å²) in [6, 6.07) is 20.3. The summed E-state index contributed by atoms with van der Waals surface area (Å²) in [4.78, 5) is 17.1. The van der Waals surface area contributed by atoms with Crippen molar-refractivity contribution < 1.29 is 17.9 Å². The number of sulfonamides is 1. The fraction of sp³-hybridized carbons (Fsp3) is 0.120. The highest BCUT2D eigenvalue weighted by atomic mass is 35.5. The highest BCUT2D eigenvalue weighted by Crippen LogP contribution is 2.37. The minimum Gasteiger partial charge on any atom is -0.476 e. The largest absolute Gasteiger partial charge is 0.476 e. The maximum atomic E-state index is 13.4. The van der Waals surface area contributed by atoms with Crippen molar-refractivity contribution in [3.05, 3.63) is 102 Å². The maximum Gasteiger partial charge on any atom is 0.264 e. The molecule has 8 nitrogen and oxygen atoms in total. The van der Waals surface area contributed by atoms with Gasteiger partial charge in [0.05, 0.1) is 23.5 Å². The van der Waals surface area contributed by atoms with E-state index < -0.39 is 22.0 Å². The number of rotatable bonds is 6. The number of anilines is 1. The summed E-state index contributed by atoms with van der Waals surface area (Å²) >= 11 is 5.93. The van der Waals surface area contributed by atoms with Gasteiger partial charge in [0.1, 0.15) is 5.75 Å². The van der Waals surface area contributed by atoms with E-state index in [0.29, 0.717) is 16.5 Å². The highest BCUT2D eigenvalue weighted by molar-refractivity contribution is 7.92. The third-order valence-electron chi connectivity index (χ3n) is 5.63. The number of carbonyl (C=O) groups excluding carboxylic acids is 1. The van der Waals surface area contributed by atoms with Crippen molar-refractivity contribution in [2.45, 2.75) is 17.5 Å². The predicted molar refractivity (Wildman–Crippen MR) is 132 cm³/mol. The molecule has 1 N–H and O–H groups in total. The number of para-hydroxylation sites is 2. The molecular formula is C25H21ClN4O4S. The molecule has 2 heterocycles. The zero-order valence-corrected chi connectivity index (χ0v) is 20.0. The molecule has 0 spiro atoms. The van der Waals surface area contributed by atoms with Crippen molar-refractivity contribution in [1.82, 2.24) is 14.9 Å². The zero-order chi connectivity index (χ0) is 24.4. The van der Waals surface area contributed by atoms with Crippen LogP contribution in [0.2, 0.25) is 5.02 Å². The molecule has 0 fully saturated rings. The van der Waals surface area contributed by atoms with Crippen molar-refractivity contribution in [2.75, 3.05) is 10.8 Å². The Balaban J connectivity index is 1.33. The van der Waals surface area contributed by atoms with Gasteiger partial charge in [0.2, 0.25) is 0 Å². The number of amides is 1. The van der Waals surface area contributed by atoms with Crippen LogP contribution >= 0.6 is 11.6 Å². The first-order valence-corrected chi connectivity index (χ1v) is 12.6. The number of nitrogens with one attached hydrogen (secondary N) is 1. The molecule has 0 saturated carbocycles. The van der Waals surface area contributed by atoms with E-state index in [9.17, 15) is 13.2 Å². The Bertz CT molecular complexity index is 1440. The van der Waals surface area contributed by atoms with Crippen LogP contribution in [-0.2, 0) is 21.4 Å². The van der Waals surface area contributed by atoms with E-state index in [2.05, 4.69) is 10.3 Å². The molecule has 1 amide bonds. The average molecular weight is 509 g/mol. The molecule has 0 radical (unpaired) electrons. The van der Waals surface area contributed by atoms with E-state index in [0.717, 1.165) is 11.3 Å². The second kappa shape index (κ2) is 9.44. The lowest BCUT2D eigenvalue weighted by Crippen LogP contribution is -2.50. The molecule has 5 rings (SSSR count). The number of fused-ring (bicyclic) bond motifs is 1. The number of benzene rings is 3. The number of hydrogen-bond donors (Lipinski definition) is 1. The van der Waals surface area contributed by atoms with E-state index in [1.807, 2.05) is 35.0 Å². The Labute approximate surface area is 207 Å². The van der Waals surface area contributed by atoms with Gasteiger partial charge in [0, 0.05) is 29.6 Å². The third-order valence-corrected chi connectivity index (χ3v) is 7.68. The smallest absolute Gasteiger partial charge is 0.264 e. The number of imidazole rings is 1. The van der Waals surface area contributed by atoms with Crippen molar-refractivity contribution in [1.29, 1.82) is 0 Å². The number of carbonyl (C=O) groups is 1. The SMILES string of the molecule is O=C(NCc1ccc(-n2ccnc2)cc1)[C@@H]1CN(S(=O)(=O)c2ccc(Cl)cc2)c2ccccc2O1. The van der Waals surface area contributed by atoms with Crippen LogP contribution in [0.5, 0.6) is 5.75 Å². The van der Waals surface area contributed by atoms with Gasteiger partial charge in [0.15, 0.2) is 6.10 Å². The molecule has 4 aromatic rings. The van der Waals surface area contributed by atoms with E-state index in [-0.39, 0.29) is 18.0 Å². The van der Waals surface area contributed by atoms with E-state index >= 15 is 0 Å². The Morgan fingerprint density at radius 2 is 1.80 bits per heavy atom. The molecule has 10 heteroatoms. The normalized spacial score (nSPS) is 15.2. The molecule has 178 valence electrons. The first kappa shape index (κ1) is 22.9. The molecule has 0 unspecified atom stereocenters. The van der Waals surface area contributed by atoms with Gasteiger partial charge in [-0.15, -0.1) is 0 Å². The standard InChI is InChI=1S/C25H21ClN4O4S/c26-19-7-11-21(12-8-19)35(32,33)30-16-24(34-23-4-2-1-3-22(23)30)25(31)28-15-18-5-9-20(10-6-18)29-14-13-27-17-29/h1-14,17,24H,15-16H2,(H,28,31)/t24-/m0/s1. The second-order valence-corrected chi connectivity index (χ2v) is 10.2. The first-order chi connectivity index (χ1) is 16.9. The summed E-state index contributed by atoms with van der Waals surface area (Å²) in [7, 11) is -3.94. The van der Waals surface area contributed by atoms with Gasteiger partial charge in [0.25, 0.3) is 15.9 Å².